The molecule has 1 rings (SSSR count). The summed E-state index contributed by atoms with van der Waals surface area (Å²) < 4.78 is 0. The van der Waals surface area contributed by atoms with E-state index in [4.69, 9.17) is 0 Å². The number of phenols is 1. The Morgan fingerprint density at radius 3 is 2.19 bits per heavy atom. The summed E-state index contributed by atoms with van der Waals surface area (Å²) in [4.78, 5) is 46.2. The van der Waals surface area contributed by atoms with Gasteiger partial charge >= 0.3 is 59.1 Å². The SMILES string of the molecule is CCC(C)CC(C(=O)[O-])C(C)C(=O)NCc1ccc(O)c(C(=O)NCC(=O)[O-])c1.[Na+].[Na+]. The van der Waals surface area contributed by atoms with Crippen LogP contribution < -0.4 is 80.0 Å². The number of carboxylic acid groups (broad SMARTS) is 2. The second-order valence-corrected chi connectivity index (χ2v) is 7.09. The second-order valence-electron chi connectivity index (χ2n) is 7.09. The monoisotopic (exact) mass is 452 g/mol. The Morgan fingerprint density at radius 1 is 1.06 bits per heavy atom. The van der Waals surface area contributed by atoms with Crippen molar-refractivity contribution >= 4 is 23.8 Å². The minimum Gasteiger partial charge on any atom is -0.550 e. The minimum absolute atomic E-state index is 0. The summed E-state index contributed by atoms with van der Waals surface area (Å²) in [6.45, 7) is 4.65. The molecule has 0 aromatic heterocycles. The fourth-order valence-corrected chi connectivity index (χ4v) is 2.76. The molecule has 0 fully saturated rings. The number of hydrogen-bond donors (Lipinski definition) is 3. The fraction of sp³-hybridized carbons (Fsp3) is 0.500. The summed E-state index contributed by atoms with van der Waals surface area (Å²) in [5.74, 6) is -5.98. The zero-order valence-corrected chi connectivity index (χ0v) is 22.7. The Morgan fingerprint density at radius 2 is 1.68 bits per heavy atom. The molecule has 2 amide bonds. The van der Waals surface area contributed by atoms with Gasteiger partial charge in [-0.25, -0.2) is 0 Å². The number of carbonyl (C=O) groups excluding carboxylic acids is 4. The van der Waals surface area contributed by atoms with Crippen molar-refractivity contribution in [3.05, 3.63) is 29.3 Å². The minimum atomic E-state index is -1.48. The third-order valence-corrected chi connectivity index (χ3v) is 4.84. The number of aromatic hydroxyl groups is 1. The van der Waals surface area contributed by atoms with Crippen LogP contribution in [0.25, 0.3) is 0 Å². The van der Waals surface area contributed by atoms with Gasteiger partial charge in [-0.1, -0.05) is 33.3 Å². The van der Waals surface area contributed by atoms with Crippen LogP contribution in [0, 0.1) is 17.8 Å². The zero-order chi connectivity index (χ0) is 22.1. The normalized spacial score (nSPS) is 12.9. The summed E-state index contributed by atoms with van der Waals surface area (Å²) in [7, 11) is 0. The van der Waals surface area contributed by atoms with Gasteiger partial charge in [0.25, 0.3) is 5.91 Å². The van der Waals surface area contributed by atoms with Gasteiger partial charge in [-0.2, -0.15) is 0 Å². The van der Waals surface area contributed by atoms with Crippen LogP contribution in [0.15, 0.2) is 18.2 Å². The van der Waals surface area contributed by atoms with Crippen LogP contribution in [-0.2, 0) is 20.9 Å². The van der Waals surface area contributed by atoms with Gasteiger partial charge in [0.2, 0.25) is 5.91 Å². The molecule has 0 aliphatic rings. The molecule has 0 aliphatic carbocycles. The summed E-state index contributed by atoms with van der Waals surface area (Å²) in [5.41, 5.74) is 0.310. The first-order valence-corrected chi connectivity index (χ1v) is 9.35. The van der Waals surface area contributed by atoms with E-state index in [0.29, 0.717) is 12.0 Å². The van der Waals surface area contributed by atoms with Gasteiger partial charge in [-0.05, 0) is 30.0 Å². The van der Waals surface area contributed by atoms with Crippen molar-refractivity contribution in [3.63, 3.8) is 0 Å². The van der Waals surface area contributed by atoms with Crippen molar-refractivity contribution in [1.29, 1.82) is 0 Å². The molecular weight excluding hydrogens is 426 g/mol. The maximum Gasteiger partial charge on any atom is 1.00 e. The second kappa shape index (κ2) is 15.7. The van der Waals surface area contributed by atoms with E-state index < -0.39 is 42.1 Å². The molecule has 0 heterocycles. The average molecular weight is 452 g/mol. The molecule has 3 N–H and O–H groups in total. The van der Waals surface area contributed by atoms with E-state index in [1.807, 2.05) is 13.8 Å². The maximum atomic E-state index is 12.4. The first-order chi connectivity index (χ1) is 13.6. The van der Waals surface area contributed by atoms with E-state index in [1.165, 1.54) is 25.1 Å². The quantitative estimate of drug-likeness (QED) is 0.281. The van der Waals surface area contributed by atoms with Gasteiger partial charge in [0.15, 0.2) is 0 Å². The standard InChI is InChI=1S/C20H28N2O7.2Na/c1-4-11(2)7-14(20(28)29)12(3)18(26)21-9-13-5-6-16(23)15(8-13)19(27)22-10-17(24)25;;/h5-6,8,11-12,14,23H,4,7,9-10H2,1-3H3,(H,21,26)(H,22,27)(H,24,25)(H,28,29);;/q;2*+1/p-2. The number of nitrogens with one attached hydrogen (secondary N) is 2. The van der Waals surface area contributed by atoms with Crippen LogP contribution in [0.2, 0.25) is 0 Å². The van der Waals surface area contributed by atoms with E-state index in [9.17, 15) is 34.5 Å². The Hall–Kier alpha value is -1.10. The molecule has 3 atom stereocenters. The van der Waals surface area contributed by atoms with E-state index in [2.05, 4.69) is 10.6 Å². The average Bonchev–Trinajstić information content (AvgIpc) is 2.68. The maximum absolute atomic E-state index is 12.4. The van der Waals surface area contributed by atoms with Crippen LogP contribution in [0.3, 0.4) is 0 Å². The van der Waals surface area contributed by atoms with Gasteiger partial charge < -0.3 is 35.5 Å². The predicted octanol–water partition coefficient (Wildman–Crippen LogP) is -7.07. The van der Waals surface area contributed by atoms with Gasteiger partial charge in [0, 0.05) is 24.3 Å². The Balaban J connectivity index is 0. The van der Waals surface area contributed by atoms with Gasteiger partial charge in [-0.15, -0.1) is 0 Å². The molecule has 0 spiro atoms. The summed E-state index contributed by atoms with van der Waals surface area (Å²) in [6, 6.07) is 4.03. The summed E-state index contributed by atoms with van der Waals surface area (Å²) in [5, 5.41) is 36.4. The molecule has 0 aliphatic heterocycles. The number of phenolic OH excluding ortho intramolecular Hbond substituents is 1. The van der Waals surface area contributed by atoms with Gasteiger partial charge in [0.05, 0.1) is 18.1 Å². The molecule has 0 bridgehead atoms. The van der Waals surface area contributed by atoms with Crippen LogP contribution in [0.5, 0.6) is 5.75 Å². The molecule has 9 nitrogen and oxygen atoms in total. The van der Waals surface area contributed by atoms with E-state index in [-0.39, 0.29) is 82.9 Å². The first-order valence-electron chi connectivity index (χ1n) is 9.35. The van der Waals surface area contributed by atoms with Crippen molar-refractivity contribution in [2.45, 2.75) is 40.2 Å². The van der Waals surface area contributed by atoms with Crippen molar-refractivity contribution in [1.82, 2.24) is 10.6 Å². The number of rotatable bonds is 11. The molecule has 0 radical (unpaired) electrons. The summed E-state index contributed by atoms with van der Waals surface area (Å²) >= 11 is 0. The van der Waals surface area contributed by atoms with Crippen LogP contribution in [-0.4, -0.2) is 35.4 Å². The topological polar surface area (TPSA) is 159 Å². The molecule has 1 aromatic carbocycles. The number of carbonyl (C=O) groups is 4. The number of hydrogen-bond acceptors (Lipinski definition) is 7. The molecule has 1 aromatic rings. The zero-order valence-electron chi connectivity index (χ0n) is 18.7. The molecule has 160 valence electrons. The third kappa shape index (κ3) is 10.9. The molecule has 0 saturated carbocycles. The summed E-state index contributed by atoms with van der Waals surface area (Å²) in [6.07, 6.45) is 1.11. The molecular formula is C20H26N2Na2O7. The van der Waals surface area contributed by atoms with Crippen molar-refractivity contribution in [2.24, 2.45) is 17.8 Å². The van der Waals surface area contributed by atoms with Gasteiger partial charge in [-0.3, -0.25) is 9.59 Å². The van der Waals surface area contributed by atoms with Crippen LogP contribution >= 0.6 is 0 Å². The molecule has 31 heavy (non-hydrogen) atoms. The molecule has 3 unspecified atom stereocenters. The molecule has 11 heteroatoms. The molecule has 0 saturated heterocycles. The van der Waals surface area contributed by atoms with E-state index in [1.54, 1.807) is 0 Å². The van der Waals surface area contributed by atoms with Crippen LogP contribution in [0.1, 0.15) is 49.5 Å². The number of aliphatic carboxylic acids is 2. The Bertz CT molecular complexity index is 774. The van der Waals surface area contributed by atoms with Gasteiger partial charge in [0.1, 0.15) is 5.75 Å². The fourth-order valence-electron chi connectivity index (χ4n) is 2.76. The number of carboxylic acids is 2. The van der Waals surface area contributed by atoms with Crippen molar-refractivity contribution in [3.8, 4) is 5.75 Å². The van der Waals surface area contributed by atoms with Crippen LogP contribution in [0.4, 0.5) is 0 Å². The number of benzene rings is 1. The Labute approximate surface area is 225 Å². The van der Waals surface area contributed by atoms with Crippen molar-refractivity contribution in [2.75, 3.05) is 6.54 Å². The smallest absolute Gasteiger partial charge is 0.550 e. The largest absolute Gasteiger partial charge is 1.00 e. The van der Waals surface area contributed by atoms with E-state index in [0.717, 1.165) is 6.42 Å². The predicted molar refractivity (Wildman–Crippen MR) is 99.0 cm³/mol. The van der Waals surface area contributed by atoms with Crippen molar-refractivity contribution < 1.29 is 93.6 Å². The van der Waals surface area contributed by atoms with E-state index >= 15 is 0 Å². The number of amides is 2. The third-order valence-electron chi connectivity index (χ3n) is 4.84. The Kier molecular flexibility index (Phi) is 16.2. The first kappa shape index (κ1) is 32.1.